The van der Waals surface area contributed by atoms with Gasteiger partial charge in [-0.15, -0.1) is 13.2 Å². The first-order chi connectivity index (χ1) is 11.1. The predicted molar refractivity (Wildman–Crippen MR) is 97.6 cm³/mol. The molecule has 0 aromatic heterocycles. The van der Waals surface area contributed by atoms with E-state index in [2.05, 4.69) is 13.2 Å². The molecule has 0 aliphatic carbocycles. The Morgan fingerprint density at radius 2 is 1.30 bits per heavy atom. The molecule has 0 aromatic carbocycles. The molecule has 0 saturated carbocycles. The Balaban J connectivity index is 0. The molecule has 0 unspecified atom stereocenters. The summed E-state index contributed by atoms with van der Waals surface area (Å²) in [5, 5.41) is 0. The van der Waals surface area contributed by atoms with Crippen LogP contribution in [0.3, 0.4) is 0 Å². The Hall–Kier alpha value is -0.326. The van der Waals surface area contributed by atoms with Crippen LogP contribution in [0.2, 0.25) is 6.04 Å². The predicted octanol–water partition coefficient (Wildman–Crippen LogP) is 2.81. The molecule has 23 heavy (non-hydrogen) atoms. The first kappa shape index (κ1) is 24.9. The third-order valence-corrected chi connectivity index (χ3v) is 6.70. The highest BCUT2D eigenvalue weighted by molar-refractivity contribution is 6.53. The van der Waals surface area contributed by atoms with Gasteiger partial charge in [0.1, 0.15) is 0 Å². The third kappa shape index (κ3) is 13.8. The molecule has 0 radical (unpaired) electrons. The van der Waals surface area contributed by atoms with E-state index in [1.54, 1.807) is 20.3 Å². The van der Waals surface area contributed by atoms with Crippen molar-refractivity contribution in [2.24, 2.45) is 0 Å². The number of hydrogen-bond donors (Lipinski definition) is 0. The number of hydrogen-bond acceptors (Lipinski definition) is 6. The molecule has 0 bridgehead atoms. The Morgan fingerprint density at radius 3 is 1.57 bits per heavy atom. The fourth-order valence-electron chi connectivity index (χ4n) is 1.47. The molecular formula is C15H34O6Si2. The average Bonchev–Trinajstić information content (AvgIpc) is 2.54. The third-order valence-electron chi connectivity index (χ3n) is 2.45. The van der Waals surface area contributed by atoms with Crippen molar-refractivity contribution in [1.29, 1.82) is 0 Å². The summed E-state index contributed by atoms with van der Waals surface area (Å²) in [6.07, 6.45) is 4.38. The highest BCUT2D eigenvalue weighted by atomic mass is 28.4. The molecule has 0 atom stereocenters. The summed E-state index contributed by atoms with van der Waals surface area (Å²) in [7, 11) is -0.850. The van der Waals surface area contributed by atoms with Gasteiger partial charge in [0.25, 0.3) is 0 Å². The Morgan fingerprint density at radius 1 is 0.826 bits per heavy atom. The van der Waals surface area contributed by atoms with Gasteiger partial charge in [-0.25, -0.2) is 0 Å². The first-order valence-corrected chi connectivity index (χ1v) is 11.3. The number of rotatable bonds is 14. The van der Waals surface area contributed by atoms with Gasteiger partial charge in [0.05, 0.1) is 0 Å². The van der Waals surface area contributed by atoms with Crippen LogP contribution in [0, 0.1) is 0 Å². The number of allylic oxidation sites excluding steroid dienone is 1. The maximum absolute atomic E-state index is 5.59. The Kier molecular flexibility index (Phi) is 19.5. The monoisotopic (exact) mass is 366 g/mol. The van der Waals surface area contributed by atoms with E-state index in [0.717, 1.165) is 12.5 Å². The maximum Gasteiger partial charge on any atom is 0.679 e. The van der Waals surface area contributed by atoms with E-state index in [4.69, 9.17) is 26.6 Å². The van der Waals surface area contributed by atoms with E-state index in [1.165, 1.54) is 0 Å². The average molecular weight is 367 g/mol. The van der Waals surface area contributed by atoms with Gasteiger partial charge in [-0.05, 0) is 27.2 Å². The van der Waals surface area contributed by atoms with Crippen LogP contribution in [0.4, 0.5) is 0 Å². The van der Waals surface area contributed by atoms with E-state index < -0.39 is 18.3 Å². The fourth-order valence-corrected chi connectivity index (χ4v) is 4.25. The minimum atomic E-state index is -2.88. The van der Waals surface area contributed by atoms with Crippen LogP contribution >= 0.6 is 0 Å². The highest BCUT2D eigenvalue weighted by Crippen LogP contribution is 2.12. The lowest BCUT2D eigenvalue weighted by molar-refractivity contribution is -0.0265. The molecule has 0 spiro atoms. The highest BCUT2D eigenvalue weighted by Gasteiger charge is 2.44. The molecule has 0 aromatic rings. The van der Waals surface area contributed by atoms with E-state index in [1.807, 2.05) is 26.8 Å². The molecule has 6 nitrogen and oxygen atoms in total. The molecule has 0 aliphatic heterocycles. The van der Waals surface area contributed by atoms with Crippen LogP contribution in [0.15, 0.2) is 25.3 Å². The second-order valence-corrected chi connectivity index (χ2v) is 8.58. The lowest BCUT2D eigenvalue weighted by Gasteiger charge is -2.26. The van der Waals surface area contributed by atoms with Crippen molar-refractivity contribution in [3.63, 3.8) is 0 Å². The van der Waals surface area contributed by atoms with E-state index in [-0.39, 0.29) is 0 Å². The van der Waals surface area contributed by atoms with Crippen molar-refractivity contribution in [2.75, 3.05) is 40.6 Å². The van der Waals surface area contributed by atoms with Crippen molar-refractivity contribution < 1.29 is 26.6 Å². The van der Waals surface area contributed by atoms with Crippen molar-refractivity contribution in [3.8, 4) is 0 Å². The SMILES string of the molecule is C=CCCO[Si](OCC)(OCC)OCC.C=CC[SiH](OC)OC. The van der Waals surface area contributed by atoms with Gasteiger partial charge in [-0.1, -0.05) is 12.2 Å². The molecule has 0 amide bonds. The quantitative estimate of drug-likeness (QED) is 0.268. The minimum absolute atomic E-state index is 0.524. The zero-order valence-corrected chi connectivity index (χ0v) is 17.5. The largest absolute Gasteiger partial charge is 0.679 e. The van der Waals surface area contributed by atoms with Crippen molar-refractivity contribution in [1.82, 2.24) is 0 Å². The van der Waals surface area contributed by atoms with Crippen molar-refractivity contribution >= 4 is 18.3 Å². The van der Waals surface area contributed by atoms with Crippen molar-refractivity contribution in [3.05, 3.63) is 25.3 Å². The zero-order chi connectivity index (χ0) is 18.0. The lowest BCUT2D eigenvalue weighted by atomic mass is 10.5. The van der Waals surface area contributed by atoms with Gasteiger partial charge < -0.3 is 26.6 Å². The molecule has 0 fully saturated rings. The van der Waals surface area contributed by atoms with Crippen LogP contribution in [0.1, 0.15) is 27.2 Å². The Bertz CT molecular complexity index is 258. The molecule has 138 valence electrons. The second kappa shape index (κ2) is 18.0. The second-order valence-electron chi connectivity index (χ2n) is 4.15. The zero-order valence-electron chi connectivity index (χ0n) is 15.3. The standard InChI is InChI=1S/C10H22O4Si.C5H12O2Si/c1-5-9-10-14-15(11-6-2,12-7-3)13-8-4;1-4-5-8(6-2)7-3/h5H,1,6-10H2,2-4H3;4,8H,1,5H2,2-3H3. The molecule has 0 N–H and O–H groups in total. The van der Waals surface area contributed by atoms with Gasteiger partial charge in [-0.2, -0.15) is 0 Å². The topological polar surface area (TPSA) is 55.4 Å². The summed E-state index contributed by atoms with van der Waals surface area (Å²) in [5.41, 5.74) is 0. The van der Waals surface area contributed by atoms with Gasteiger partial charge in [0.15, 0.2) is 0 Å². The molecule has 8 heteroatoms. The van der Waals surface area contributed by atoms with E-state index in [0.29, 0.717) is 26.4 Å². The summed E-state index contributed by atoms with van der Waals surface area (Å²) in [5.74, 6) is 0. The van der Waals surface area contributed by atoms with E-state index >= 15 is 0 Å². The lowest BCUT2D eigenvalue weighted by Crippen LogP contribution is -2.49. The van der Waals surface area contributed by atoms with Crippen LogP contribution in [-0.4, -0.2) is 59.0 Å². The van der Waals surface area contributed by atoms with Crippen LogP contribution in [0.5, 0.6) is 0 Å². The van der Waals surface area contributed by atoms with Gasteiger partial charge in [0, 0.05) is 46.7 Å². The molecule has 0 rings (SSSR count). The van der Waals surface area contributed by atoms with Gasteiger partial charge in [-0.3, -0.25) is 0 Å². The summed E-state index contributed by atoms with van der Waals surface area (Å²) in [6.45, 7) is 15.0. The summed E-state index contributed by atoms with van der Waals surface area (Å²) in [6, 6.07) is 0.882. The maximum atomic E-state index is 5.59. The fraction of sp³-hybridized carbons (Fsp3) is 0.733. The normalized spacial score (nSPS) is 11.0. The Labute approximate surface area is 144 Å². The summed E-state index contributed by atoms with van der Waals surface area (Å²) >= 11 is 0. The van der Waals surface area contributed by atoms with Crippen LogP contribution in [-0.2, 0) is 26.6 Å². The van der Waals surface area contributed by atoms with Crippen LogP contribution in [0.25, 0.3) is 0 Å². The molecule has 0 heterocycles. The minimum Gasteiger partial charge on any atom is -0.400 e. The van der Waals surface area contributed by atoms with Gasteiger partial charge >= 0.3 is 18.3 Å². The molecule has 0 saturated heterocycles. The van der Waals surface area contributed by atoms with E-state index in [9.17, 15) is 0 Å². The van der Waals surface area contributed by atoms with Crippen LogP contribution < -0.4 is 0 Å². The smallest absolute Gasteiger partial charge is 0.400 e. The first-order valence-electron chi connectivity index (χ1n) is 7.92. The van der Waals surface area contributed by atoms with Gasteiger partial charge in [0.2, 0.25) is 0 Å². The summed E-state index contributed by atoms with van der Waals surface area (Å²) < 4.78 is 32.0. The molecule has 0 aliphatic rings. The van der Waals surface area contributed by atoms with Crippen molar-refractivity contribution in [2.45, 2.75) is 33.2 Å². The summed E-state index contributed by atoms with van der Waals surface area (Å²) in [4.78, 5) is 0. The molecular weight excluding hydrogens is 332 g/mol.